The van der Waals surface area contributed by atoms with Crippen molar-refractivity contribution in [2.24, 2.45) is 5.92 Å². The minimum absolute atomic E-state index is 0.0280. The number of aliphatic hydroxyl groups excluding tert-OH is 1. The average molecular weight is 351 g/mol. The van der Waals surface area contributed by atoms with Gasteiger partial charge in [-0.2, -0.15) is 0 Å². The number of amides is 1. The molecule has 6 heteroatoms. The molecule has 0 spiro atoms. The molecule has 1 fully saturated rings. The van der Waals surface area contributed by atoms with Crippen LogP contribution in [0, 0.1) is 5.92 Å². The molecule has 1 aromatic carbocycles. The molecule has 0 radical (unpaired) electrons. The molecule has 1 amide bonds. The van der Waals surface area contributed by atoms with Crippen molar-refractivity contribution in [2.45, 2.75) is 45.8 Å². The zero-order valence-corrected chi connectivity index (χ0v) is 15.6. The Morgan fingerprint density at radius 3 is 2.48 bits per heavy atom. The predicted molar refractivity (Wildman–Crippen MR) is 94.9 cm³/mol. The Hall–Kier alpha value is -1.95. The summed E-state index contributed by atoms with van der Waals surface area (Å²) in [7, 11) is 1.59. The molecule has 1 N–H and O–H groups in total. The molecule has 0 aliphatic carbocycles. The number of carbonyl (C=O) groups is 1. The molecule has 0 atom stereocenters. The summed E-state index contributed by atoms with van der Waals surface area (Å²) in [6.07, 6.45) is 1.53. The van der Waals surface area contributed by atoms with Crippen LogP contribution in [0.2, 0.25) is 0 Å². The van der Waals surface area contributed by atoms with Crippen LogP contribution in [0.1, 0.15) is 39.2 Å². The molecule has 1 heterocycles. The molecule has 2 rings (SSSR count). The molecule has 1 aromatic rings. The SMILES string of the molecule is COc1cc(CO)ccc1OCC1CCN(C(=O)OC(C)(C)C)CC1. The number of nitrogens with zero attached hydrogens (tertiary/aromatic N) is 1. The lowest BCUT2D eigenvalue weighted by molar-refractivity contribution is 0.0164. The highest BCUT2D eigenvalue weighted by Crippen LogP contribution is 2.29. The van der Waals surface area contributed by atoms with E-state index in [4.69, 9.17) is 14.2 Å². The third-order valence-corrected chi connectivity index (χ3v) is 4.15. The van der Waals surface area contributed by atoms with Crippen LogP contribution in [0.25, 0.3) is 0 Å². The Morgan fingerprint density at radius 2 is 1.92 bits per heavy atom. The van der Waals surface area contributed by atoms with Gasteiger partial charge in [-0.25, -0.2) is 4.79 Å². The second kappa shape index (κ2) is 8.43. The fourth-order valence-corrected chi connectivity index (χ4v) is 2.75. The van der Waals surface area contributed by atoms with Gasteiger partial charge in [0.25, 0.3) is 0 Å². The van der Waals surface area contributed by atoms with Crippen molar-refractivity contribution < 1.29 is 24.1 Å². The first-order valence-corrected chi connectivity index (χ1v) is 8.71. The molecule has 0 bridgehead atoms. The van der Waals surface area contributed by atoms with Crippen molar-refractivity contribution in [3.8, 4) is 11.5 Å². The summed E-state index contributed by atoms with van der Waals surface area (Å²) < 4.78 is 16.6. The maximum Gasteiger partial charge on any atom is 0.410 e. The van der Waals surface area contributed by atoms with E-state index in [0.29, 0.717) is 37.1 Å². The molecule has 140 valence electrons. The molecular weight excluding hydrogens is 322 g/mol. The van der Waals surface area contributed by atoms with Crippen molar-refractivity contribution in [1.82, 2.24) is 4.90 Å². The number of benzene rings is 1. The Bertz CT molecular complexity index is 574. The molecule has 25 heavy (non-hydrogen) atoms. The monoisotopic (exact) mass is 351 g/mol. The lowest BCUT2D eigenvalue weighted by Gasteiger charge is -2.33. The molecule has 0 aromatic heterocycles. The standard InChI is InChI=1S/C19H29NO5/c1-19(2,3)25-18(22)20-9-7-14(8-10-20)13-24-16-6-5-15(12-21)11-17(16)23-4/h5-6,11,14,21H,7-10,12-13H2,1-4H3. The van der Waals surface area contributed by atoms with Gasteiger partial charge in [-0.15, -0.1) is 0 Å². The van der Waals surface area contributed by atoms with Gasteiger partial charge in [-0.1, -0.05) is 6.07 Å². The van der Waals surface area contributed by atoms with Crippen LogP contribution >= 0.6 is 0 Å². The van der Waals surface area contributed by atoms with Gasteiger partial charge in [0.05, 0.1) is 20.3 Å². The van der Waals surface area contributed by atoms with Crippen molar-refractivity contribution in [3.05, 3.63) is 23.8 Å². The van der Waals surface area contributed by atoms with E-state index in [1.807, 2.05) is 32.9 Å². The highest BCUT2D eigenvalue weighted by Gasteiger charge is 2.27. The summed E-state index contributed by atoms with van der Waals surface area (Å²) >= 11 is 0. The quantitative estimate of drug-likeness (QED) is 0.882. The Morgan fingerprint density at radius 1 is 1.24 bits per heavy atom. The number of aliphatic hydroxyl groups is 1. The second-order valence-corrected chi connectivity index (χ2v) is 7.37. The Labute approximate surface area is 149 Å². The van der Waals surface area contributed by atoms with E-state index in [2.05, 4.69) is 0 Å². The van der Waals surface area contributed by atoms with Crippen molar-refractivity contribution in [3.63, 3.8) is 0 Å². The van der Waals surface area contributed by atoms with Gasteiger partial charge >= 0.3 is 6.09 Å². The maximum absolute atomic E-state index is 12.1. The van der Waals surface area contributed by atoms with Gasteiger partial charge in [-0.3, -0.25) is 0 Å². The van der Waals surface area contributed by atoms with E-state index in [9.17, 15) is 9.90 Å². The van der Waals surface area contributed by atoms with E-state index in [-0.39, 0.29) is 12.7 Å². The van der Waals surface area contributed by atoms with Crippen LogP contribution in [0.15, 0.2) is 18.2 Å². The topological polar surface area (TPSA) is 68.2 Å². The van der Waals surface area contributed by atoms with Crippen LogP contribution in [-0.4, -0.2) is 48.5 Å². The molecule has 1 aliphatic heterocycles. The first kappa shape index (κ1) is 19.4. The number of rotatable bonds is 5. The highest BCUT2D eigenvalue weighted by atomic mass is 16.6. The summed E-state index contributed by atoms with van der Waals surface area (Å²) in [5.74, 6) is 1.69. The molecule has 1 aliphatic rings. The summed E-state index contributed by atoms with van der Waals surface area (Å²) in [5, 5.41) is 9.18. The first-order chi connectivity index (χ1) is 11.8. The molecule has 0 unspecified atom stereocenters. The largest absolute Gasteiger partial charge is 0.493 e. The Kier molecular flexibility index (Phi) is 6.53. The highest BCUT2D eigenvalue weighted by molar-refractivity contribution is 5.68. The maximum atomic E-state index is 12.1. The van der Waals surface area contributed by atoms with Crippen LogP contribution in [-0.2, 0) is 11.3 Å². The molecule has 1 saturated heterocycles. The van der Waals surface area contributed by atoms with E-state index < -0.39 is 5.60 Å². The fraction of sp³-hybridized carbons (Fsp3) is 0.632. The number of hydrogen-bond donors (Lipinski definition) is 1. The first-order valence-electron chi connectivity index (χ1n) is 8.71. The number of piperidine rings is 1. The number of likely N-dealkylation sites (tertiary alicyclic amines) is 1. The van der Waals surface area contributed by atoms with E-state index in [1.54, 1.807) is 18.1 Å². The number of hydrogen-bond acceptors (Lipinski definition) is 5. The molecule has 0 saturated carbocycles. The predicted octanol–water partition coefficient (Wildman–Crippen LogP) is 3.21. The average Bonchev–Trinajstić information content (AvgIpc) is 2.58. The van der Waals surface area contributed by atoms with Gasteiger partial charge in [0.15, 0.2) is 11.5 Å². The third kappa shape index (κ3) is 5.81. The van der Waals surface area contributed by atoms with Gasteiger partial charge < -0.3 is 24.2 Å². The van der Waals surface area contributed by atoms with Gasteiger partial charge in [0, 0.05) is 13.1 Å². The summed E-state index contributed by atoms with van der Waals surface area (Å²) in [5.41, 5.74) is 0.323. The van der Waals surface area contributed by atoms with Crippen LogP contribution in [0.4, 0.5) is 4.79 Å². The lowest BCUT2D eigenvalue weighted by Crippen LogP contribution is -2.42. The minimum Gasteiger partial charge on any atom is -0.493 e. The third-order valence-electron chi connectivity index (χ3n) is 4.15. The number of carbonyl (C=O) groups excluding carboxylic acids is 1. The van der Waals surface area contributed by atoms with Crippen molar-refractivity contribution in [1.29, 1.82) is 0 Å². The van der Waals surface area contributed by atoms with Crippen molar-refractivity contribution >= 4 is 6.09 Å². The summed E-state index contributed by atoms with van der Waals surface area (Å²) in [4.78, 5) is 13.8. The molecule has 6 nitrogen and oxygen atoms in total. The number of methoxy groups -OCH3 is 1. The lowest BCUT2D eigenvalue weighted by atomic mass is 9.98. The van der Waals surface area contributed by atoms with Gasteiger partial charge in [-0.05, 0) is 57.2 Å². The zero-order chi connectivity index (χ0) is 18.4. The number of ether oxygens (including phenoxy) is 3. The Balaban J connectivity index is 1.82. The minimum atomic E-state index is -0.464. The van der Waals surface area contributed by atoms with Gasteiger partial charge in [0.2, 0.25) is 0 Å². The molecular formula is C19H29NO5. The smallest absolute Gasteiger partial charge is 0.410 e. The summed E-state index contributed by atoms with van der Waals surface area (Å²) in [6.45, 7) is 7.55. The van der Waals surface area contributed by atoms with Gasteiger partial charge in [0.1, 0.15) is 5.60 Å². The van der Waals surface area contributed by atoms with Crippen LogP contribution in [0.5, 0.6) is 11.5 Å². The van der Waals surface area contributed by atoms with Crippen LogP contribution in [0.3, 0.4) is 0 Å². The normalized spacial score (nSPS) is 15.8. The fourth-order valence-electron chi connectivity index (χ4n) is 2.75. The van der Waals surface area contributed by atoms with E-state index in [1.165, 1.54) is 0 Å². The van der Waals surface area contributed by atoms with Crippen molar-refractivity contribution in [2.75, 3.05) is 26.8 Å². The van der Waals surface area contributed by atoms with E-state index in [0.717, 1.165) is 18.4 Å². The van der Waals surface area contributed by atoms with Crippen LogP contribution < -0.4 is 9.47 Å². The second-order valence-electron chi connectivity index (χ2n) is 7.37. The zero-order valence-electron chi connectivity index (χ0n) is 15.6. The van der Waals surface area contributed by atoms with E-state index >= 15 is 0 Å². The summed E-state index contributed by atoms with van der Waals surface area (Å²) in [6, 6.07) is 5.42.